The average molecular weight is 324 g/mol. The Labute approximate surface area is 120 Å². The van der Waals surface area contributed by atoms with E-state index in [4.69, 9.17) is 28.3 Å². The van der Waals surface area contributed by atoms with Crippen molar-refractivity contribution in [2.45, 2.75) is 23.8 Å². The summed E-state index contributed by atoms with van der Waals surface area (Å²) < 4.78 is 25.8. The summed E-state index contributed by atoms with van der Waals surface area (Å²) in [6, 6.07) is 3.04. The van der Waals surface area contributed by atoms with Gasteiger partial charge in [0.1, 0.15) is 10.9 Å². The SMILES string of the molecule is O=C(O)[C@@H]1CCCN1S(=O)(=O)c1cc(Cl)ccc1Cl. The minimum absolute atomic E-state index is 0.0282. The number of carbonyl (C=O) groups is 1. The van der Waals surface area contributed by atoms with E-state index in [1.54, 1.807) is 0 Å². The van der Waals surface area contributed by atoms with Crippen molar-refractivity contribution in [1.82, 2.24) is 4.31 Å². The molecule has 5 nitrogen and oxygen atoms in total. The third-order valence-electron chi connectivity index (χ3n) is 2.97. The highest BCUT2D eigenvalue weighted by Gasteiger charge is 2.40. The molecule has 0 bridgehead atoms. The molecule has 1 heterocycles. The summed E-state index contributed by atoms with van der Waals surface area (Å²) in [6.45, 7) is 0.169. The lowest BCUT2D eigenvalue weighted by Gasteiger charge is -2.21. The van der Waals surface area contributed by atoms with Crippen molar-refractivity contribution in [2.24, 2.45) is 0 Å². The van der Waals surface area contributed by atoms with Crippen LogP contribution in [0.25, 0.3) is 0 Å². The van der Waals surface area contributed by atoms with E-state index in [2.05, 4.69) is 0 Å². The smallest absolute Gasteiger partial charge is 0.322 e. The Hall–Kier alpha value is -0.820. The van der Waals surface area contributed by atoms with Crippen molar-refractivity contribution in [3.63, 3.8) is 0 Å². The normalized spacial score (nSPS) is 20.6. The van der Waals surface area contributed by atoms with Crippen molar-refractivity contribution in [3.8, 4) is 0 Å². The Bertz CT molecular complexity index is 617. The largest absolute Gasteiger partial charge is 0.480 e. The average Bonchev–Trinajstić information content (AvgIpc) is 2.82. The zero-order valence-corrected chi connectivity index (χ0v) is 12.0. The highest BCUT2D eigenvalue weighted by molar-refractivity contribution is 7.89. The van der Waals surface area contributed by atoms with Gasteiger partial charge in [-0.25, -0.2) is 8.42 Å². The van der Waals surface area contributed by atoms with Crippen LogP contribution in [-0.4, -0.2) is 36.4 Å². The molecule has 0 amide bonds. The topological polar surface area (TPSA) is 74.7 Å². The molecule has 1 aromatic rings. The first-order valence-corrected chi connectivity index (χ1v) is 7.73. The number of hydrogen-bond acceptors (Lipinski definition) is 3. The Morgan fingerprint density at radius 3 is 2.68 bits per heavy atom. The van der Waals surface area contributed by atoms with Gasteiger partial charge in [-0.15, -0.1) is 0 Å². The number of nitrogens with zero attached hydrogens (tertiary/aromatic N) is 1. The Balaban J connectivity index is 2.48. The molecule has 0 saturated carbocycles. The van der Waals surface area contributed by atoms with Crippen LogP contribution in [0.1, 0.15) is 12.8 Å². The molecule has 19 heavy (non-hydrogen) atoms. The van der Waals surface area contributed by atoms with Crippen molar-refractivity contribution in [2.75, 3.05) is 6.54 Å². The predicted molar refractivity (Wildman–Crippen MR) is 71.0 cm³/mol. The predicted octanol–water partition coefficient (Wildman–Crippen LogP) is 2.23. The van der Waals surface area contributed by atoms with Crippen LogP contribution in [0.15, 0.2) is 23.1 Å². The molecule has 1 aliphatic rings. The first-order valence-electron chi connectivity index (χ1n) is 5.54. The standard InChI is InChI=1S/C11H11Cl2NO4S/c12-7-3-4-8(13)10(6-7)19(17,18)14-5-1-2-9(14)11(15)16/h3-4,6,9H,1-2,5H2,(H,15,16)/t9-/m0/s1. The number of aliphatic carboxylic acids is 1. The summed E-state index contributed by atoms with van der Waals surface area (Å²) in [5.41, 5.74) is 0. The maximum absolute atomic E-state index is 12.4. The molecular formula is C11H11Cl2NO4S. The van der Waals surface area contributed by atoms with Crippen molar-refractivity contribution < 1.29 is 18.3 Å². The molecule has 104 valence electrons. The summed E-state index contributed by atoms with van der Waals surface area (Å²) in [4.78, 5) is 10.9. The molecule has 1 atom stereocenters. The second-order valence-electron chi connectivity index (χ2n) is 4.19. The molecule has 0 spiro atoms. The zero-order chi connectivity index (χ0) is 14.2. The van der Waals surface area contributed by atoms with Gasteiger partial charge in [-0.05, 0) is 31.0 Å². The highest BCUT2D eigenvalue weighted by Crippen LogP contribution is 2.31. The monoisotopic (exact) mass is 323 g/mol. The van der Waals surface area contributed by atoms with Crippen LogP contribution in [0.4, 0.5) is 0 Å². The first-order chi connectivity index (χ1) is 8.84. The minimum atomic E-state index is -3.95. The molecule has 0 unspecified atom stereocenters. The van der Waals surface area contributed by atoms with Gasteiger partial charge in [0.15, 0.2) is 0 Å². The van der Waals surface area contributed by atoms with Crippen molar-refractivity contribution >= 4 is 39.2 Å². The number of carboxylic acids is 1. The van der Waals surface area contributed by atoms with E-state index in [0.717, 1.165) is 4.31 Å². The maximum atomic E-state index is 12.4. The third kappa shape index (κ3) is 2.72. The Morgan fingerprint density at radius 2 is 2.05 bits per heavy atom. The lowest BCUT2D eigenvalue weighted by atomic mass is 10.2. The number of rotatable bonds is 3. The van der Waals surface area contributed by atoms with Gasteiger partial charge in [0.2, 0.25) is 10.0 Å². The molecule has 1 saturated heterocycles. The molecule has 8 heteroatoms. The maximum Gasteiger partial charge on any atom is 0.322 e. The van der Waals surface area contributed by atoms with E-state index in [1.807, 2.05) is 0 Å². The summed E-state index contributed by atoms with van der Waals surface area (Å²) in [7, 11) is -3.95. The van der Waals surface area contributed by atoms with Crippen LogP contribution in [0.5, 0.6) is 0 Å². The fraction of sp³-hybridized carbons (Fsp3) is 0.364. The zero-order valence-electron chi connectivity index (χ0n) is 9.71. The second kappa shape index (κ2) is 5.28. The fourth-order valence-corrected chi connectivity index (χ4v) is 4.47. The van der Waals surface area contributed by atoms with Crippen LogP contribution in [0.2, 0.25) is 10.0 Å². The van der Waals surface area contributed by atoms with E-state index in [9.17, 15) is 13.2 Å². The summed E-state index contributed by atoms with van der Waals surface area (Å²) >= 11 is 11.6. The third-order valence-corrected chi connectivity index (χ3v) is 5.59. The molecular weight excluding hydrogens is 313 g/mol. The second-order valence-corrected chi connectivity index (χ2v) is 6.89. The summed E-state index contributed by atoms with van der Waals surface area (Å²) in [5.74, 6) is -1.15. The van der Waals surface area contributed by atoms with Gasteiger partial charge in [0, 0.05) is 11.6 Å². The van der Waals surface area contributed by atoms with Gasteiger partial charge in [0.05, 0.1) is 5.02 Å². The number of carboxylic acid groups (broad SMARTS) is 1. The molecule has 1 N–H and O–H groups in total. The van der Waals surface area contributed by atoms with Crippen LogP contribution >= 0.6 is 23.2 Å². The Kier molecular flexibility index (Phi) is 4.06. The number of sulfonamides is 1. The van der Waals surface area contributed by atoms with E-state index < -0.39 is 22.0 Å². The highest BCUT2D eigenvalue weighted by atomic mass is 35.5. The number of halogens is 2. The molecule has 0 radical (unpaired) electrons. The minimum Gasteiger partial charge on any atom is -0.480 e. The molecule has 1 aliphatic heterocycles. The van der Waals surface area contributed by atoms with E-state index in [0.29, 0.717) is 12.8 Å². The molecule has 1 aromatic carbocycles. The number of benzene rings is 1. The van der Waals surface area contributed by atoms with E-state index in [-0.39, 0.29) is 21.5 Å². The van der Waals surface area contributed by atoms with Crippen LogP contribution in [0, 0.1) is 0 Å². The van der Waals surface area contributed by atoms with Crippen LogP contribution < -0.4 is 0 Å². The van der Waals surface area contributed by atoms with E-state index >= 15 is 0 Å². The molecule has 0 aromatic heterocycles. The van der Waals surface area contributed by atoms with Gasteiger partial charge in [0.25, 0.3) is 0 Å². The van der Waals surface area contributed by atoms with Gasteiger partial charge in [-0.2, -0.15) is 4.31 Å². The lowest BCUT2D eigenvalue weighted by molar-refractivity contribution is -0.140. The van der Waals surface area contributed by atoms with Gasteiger partial charge < -0.3 is 5.11 Å². The Morgan fingerprint density at radius 1 is 1.37 bits per heavy atom. The quantitative estimate of drug-likeness (QED) is 0.925. The van der Waals surface area contributed by atoms with Crippen molar-refractivity contribution in [1.29, 1.82) is 0 Å². The molecule has 0 aliphatic carbocycles. The fourth-order valence-electron chi connectivity index (χ4n) is 2.08. The van der Waals surface area contributed by atoms with Gasteiger partial charge in [-0.1, -0.05) is 23.2 Å². The first kappa shape index (κ1) is 14.6. The van der Waals surface area contributed by atoms with Crippen LogP contribution in [-0.2, 0) is 14.8 Å². The van der Waals surface area contributed by atoms with Gasteiger partial charge in [-0.3, -0.25) is 4.79 Å². The van der Waals surface area contributed by atoms with Gasteiger partial charge >= 0.3 is 5.97 Å². The molecule has 1 fully saturated rings. The van der Waals surface area contributed by atoms with E-state index in [1.165, 1.54) is 18.2 Å². The van der Waals surface area contributed by atoms with Crippen LogP contribution in [0.3, 0.4) is 0 Å². The number of hydrogen-bond donors (Lipinski definition) is 1. The molecule has 2 rings (SSSR count). The van der Waals surface area contributed by atoms with Crippen molar-refractivity contribution in [3.05, 3.63) is 28.2 Å². The lowest BCUT2D eigenvalue weighted by Crippen LogP contribution is -2.40. The summed E-state index contributed by atoms with van der Waals surface area (Å²) in [6.07, 6.45) is 0.807. The summed E-state index contributed by atoms with van der Waals surface area (Å²) in [5, 5.41) is 9.31.